The highest BCUT2D eigenvalue weighted by atomic mass is 19.1. The lowest BCUT2D eigenvalue weighted by atomic mass is 9.93. The van der Waals surface area contributed by atoms with Crippen molar-refractivity contribution >= 4 is 29.1 Å². The van der Waals surface area contributed by atoms with Crippen molar-refractivity contribution in [2.45, 2.75) is 71.9 Å². The van der Waals surface area contributed by atoms with Crippen LogP contribution in [0.2, 0.25) is 0 Å². The minimum atomic E-state index is -0.584. The normalized spacial score (nSPS) is 17.9. The maximum atomic E-state index is 16.2. The number of fused-ring (bicyclic) bond motifs is 1. The van der Waals surface area contributed by atoms with E-state index in [9.17, 15) is 4.79 Å². The Morgan fingerprint density at radius 3 is 2.75 bits per heavy atom. The van der Waals surface area contributed by atoms with Gasteiger partial charge in [-0.15, -0.1) is 0 Å². The van der Waals surface area contributed by atoms with Gasteiger partial charge in [-0.2, -0.15) is 4.98 Å². The second kappa shape index (κ2) is 10.3. The van der Waals surface area contributed by atoms with Crippen LogP contribution in [-0.4, -0.2) is 52.8 Å². The zero-order valence-electron chi connectivity index (χ0n) is 22.0. The van der Waals surface area contributed by atoms with Gasteiger partial charge >= 0.3 is 6.09 Å². The van der Waals surface area contributed by atoms with Crippen molar-refractivity contribution in [3.05, 3.63) is 40.8 Å². The highest BCUT2D eigenvalue weighted by Gasteiger charge is 2.30. The van der Waals surface area contributed by atoms with E-state index in [0.717, 1.165) is 29.7 Å². The molecule has 0 radical (unpaired) electrons. The number of hydrogen-bond donors (Lipinski definition) is 2. The number of amides is 1. The van der Waals surface area contributed by atoms with E-state index >= 15 is 4.39 Å². The van der Waals surface area contributed by atoms with Crippen LogP contribution < -0.4 is 15.4 Å². The summed E-state index contributed by atoms with van der Waals surface area (Å²) in [5.74, 6) is 1.15. The molecule has 1 unspecified atom stereocenters. The molecule has 1 atom stereocenters. The summed E-state index contributed by atoms with van der Waals surface area (Å²) in [4.78, 5) is 23.3. The monoisotopic (exact) mass is 497 g/mol. The molecule has 0 aliphatic carbocycles. The standard InChI is InChI=1S/C27H36FN5O3/c1-16-14-21(29-6)32-25(30-16)31-20-15-19-8-7-13-35-24(19)22(23(20)28)18-10-9-17(2)33(12-11-18)26(34)36-27(3,4)5/h11,14-15,17H,7-10,12-13H2,1-6H3,(H2,29,30,31,32). The average molecular weight is 498 g/mol. The summed E-state index contributed by atoms with van der Waals surface area (Å²) in [6.07, 6.45) is 4.52. The van der Waals surface area contributed by atoms with E-state index in [-0.39, 0.29) is 12.1 Å². The van der Waals surface area contributed by atoms with E-state index in [2.05, 4.69) is 20.6 Å². The zero-order valence-corrected chi connectivity index (χ0v) is 22.0. The van der Waals surface area contributed by atoms with E-state index in [0.29, 0.717) is 54.8 Å². The Balaban J connectivity index is 1.71. The fraction of sp³-hybridized carbons (Fsp3) is 0.519. The summed E-state index contributed by atoms with van der Waals surface area (Å²) in [6, 6.07) is 3.57. The van der Waals surface area contributed by atoms with Gasteiger partial charge in [0.25, 0.3) is 0 Å². The van der Waals surface area contributed by atoms with Gasteiger partial charge in [0.15, 0.2) is 5.82 Å². The lowest BCUT2D eigenvalue weighted by Crippen LogP contribution is -2.41. The van der Waals surface area contributed by atoms with Gasteiger partial charge in [-0.1, -0.05) is 6.08 Å². The third kappa shape index (κ3) is 5.71. The number of anilines is 3. The topological polar surface area (TPSA) is 88.6 Å². The van der Waals surface area contributed by atoms with Crippen LogP contribution in [0.3, 0.4) is 0 Å². The van der Waals surface area contributed by atoms with Gasteiger partial charge in [0.05, 0.1) is 17.9 Å². The van der Waals surface area contributed by atoms with Crippen LogP contribution in [-0.2, 0) is 11.2 Å². The first kappa shape index (κ1) is 25.7. The Morgan fingerprint density at radius 2 is 2.03 bits per heavy atom. The smallest absolute Gasteiger partial charge is 0.410 e. The van der Waals surface area contributed by atoms with Gasteiger partial charge in [-0.25, -0.2) is 14.2 Å². The van der Waals surface area contributed by atoms with Crippen LogP contribution in [0.4, 0.5) is 26.6 Å². The number of halogens is 1. The number of nitrogens with zero attached hydrogens (tertiary/aromatic N) is 3. The zero-order chi connectivity index (χ0) is 26.0. The number of carbonyl (C=O) groups is 1. The summed E-state index contributed by atoms with van der Waals surface area (Å²) in [5, 5.41) is 6.09. The van der Waals surface area contributed by atoms with Crippen molar-refractivity contribution in [2.24, 2.45) is 0 Å². The van der Waals surface area contributed by atoms with Gasteiger partial charge < -0.3 is 25.0 Å². The van der Waals surface area contributed by atoms with Crippen LogP contribution in [0.15, 0.2) is 18.2 Å². The fourth-order valence-electron chi connectivity index (χ4n) is 4.55. The number of hydrogen-bond acceptors (Lipinski definition) is 7. The number of rotatable bonds is 4. The van der Waals surface area contributed by atoms with Gasteiger partial charge in [-0.3, -0.25) is 0 Å². The minimum absolute atomic E-state index is 0.0460. The molecule has 8 nitrogen and oxygen atoms in total. The SMILES string of the molecule is CNc1cc(C)nc(Nc2cc3c(c(C4=CCN(C(=O)OC(C)(C)C)C(C)CC4)c2F)OCCC3)n1. The lowest BCUT2D eigenvalue weighted by Gasteiger charge is -2.30. The molecule has 2 aliphatic heterocycles. The second-order valence-corrected chi connectivity index (χ2v) is 10.4. The van der Waals surface area contributed by atoms with E-state index in [4.69, 9.17) is 9.47 Å². The van der Waals surface area contributed by atoms with Crippen molar-refractivity contribution in [3.8, 4) is 5.75 Å². The molecule has 2 aromatic rings. The molecule has 0 bridgehead atoms. The third-order valence-electron chi connectivity index (χ3n) is 6.33. The summed E-state index contributed by atoms with van der Waals surface area (Å²) in [5.41, 5.74) is 2.72. The Labute approximate surface area is 212 Å². The Bertz CT molecular complexity index is 1170. The molecule has 0 saturated carbocycles. The van der Waals surface area contributed by atoms with Gasteiger partial charge in [-0.05, 0) is 77.5 Å². The van der Waals surface area contributed by atoms with Gasteiger partial charge in [0.2, 0.25) is 5.95 Å². The first-order chi connectivity index (χ1) is 17.1. The van der Waals surface area contributed by atoms with Crippen LogP contribution in [0.25, 0.3) is 5.57 Å². The molecule has 3 heterocycles. The van der Waals surface area contributed by atoms with E-state index in [1.54, 1.807) is 18.0 Å². The van der Waals surface area contributed by atoms with Crippen molar-refractivity contribution in [2.75, 3.05) is 30.8 Å². The van der Waals surface area contributed by atoms with E-state index in [1.807, 2.05) is 46.8 Å². The fourth-order valence-corrected chi connectivity index (χ4v) is 4.55. The number of ether oxygens (including phenoxy) is 2. The van der Waals surface area contributed by atoms with Crippen LogP contribution in [0.1, 0.15) is 63.8 Å². The lowest BCUT2D eigenvalue weighted by molar-refractivity contribution is 0.0201. The number of benzene rings is 1. The van der Waals surface area contributed by atoms with Crippen molar-refractivity contribution in [1.29, 1.82) is 0 Å². The first-order valence-corrected chi connectivity index (χ1v) is 12.5. The molecule has 2 N–H and O–H groups in total. The molecule has 2 aliphatic rings. The second-order valence-electron chi connectivity index (χ2n) is 10.4. The van der Waals surface area contributed by atoms with Crippen LogP contribution in [0, 0.1) is 12.7 Å². The van der Waals surface area contributed by atoms with Gasteiger partial charge in [0.1, 0.15) is 17.2 Å². The maximum Gasteiger partial charge on any atom is 0.410 e. The molecule has 9 heteroatoms. The Morgan fingerprint density at radius 1 is 1.25 bits per heavy atom. The molecule has 1 amide bonds. The predicted octanol–water partition coefficient (Wildman–Crippen LogP) is 5.84. The highest BCUT2D eigenvalue weighted by molar-refractivity contribution is 5.79. The molecule has 1 aromatic heterocycles. The van der Waals surface area contributed by atoms with Crippen molar-refractivity contribution in [1.82, 2.24) is 14.9 Å². The average Bonchev–Trinajstić information content (AvgIpc) is 2.99. The van der Waals surface area contributed by atoms with Crippen molar-refractivity contribution in [3.63, 3.8) is 0 Å². The van der Waals surface area contributed by atoms with Gasteiger partial charge in [0, 0.05) is 31.4 Å². The highest BCUT2D eigenvalue weighted by Crippen LogP contribution is 2.42. The molecule has 0 saturated heterocycles. The molecule has 36 heavy (non-hydrogen) atoms. The molecule has 1 aromatic carbocycles. The van der Waals surface area contributed by atoms with Crippen LogP contribution in [0.5, 0.6) is 5.75 Å². The molecular weight excluding hydrogens is 461 g/mol. The summed E-state index contributed by atoms with van der Waals surface area (Å²) < 4.78 is 27.8. The largest absolute Gasteiger partial charge is 0.493 e. The van der Waals surface area contributed by atoms with Crippen LogP contribution >= 0.6 is 0 Å². The third-order valence-corrected chi connectivity index (χ3v) is 6.33. The number of allylic oxidation sites excluding steroid dienone is 1. The minimum Gasteiger partial charge on any atom is -0.493 e. The number of nitrogens with one attached hydrogen (secondary N) is 2. The van der Waals surface area contributed by atoms with Crippen molar-refractivity contribution < 1.29 is 18.7 Å². The predicted molar refractivity (Wildman–Crippen MR) is 139 cm³/mol. The first-order valence-electron chi connectivity index (χ1n) is 12.5. The number of aryl methyl sites for hydroxylation is 2. The summed E-state index contributed by atoms with van der Waals surface area (Å²) in [7, 11) is 1.78. The quantitative estimate of drug-likeness (QED) is 0.549. The van der Waals surface area contributed by atoms with E-state index < -0.39 is 11.4 Å². The maximum absolute atomic E-state index is 16.2. The Hall–Kier alpha value is -3.36. The molecule has 194 valence electrons. The molecule has 0 fully saturated rings. The molecule has 4 rings (SSSR count). The number of carbonyl (C=O) groups excluding carboxylic acids is 1. The molecular formula is C27H36FN5O3. The molecule has 0 spiro atoms. The summed E-state index contributed by atoms with van der Waals surface area (Å²) in [6.45, 7) is 10.3. The Kier molecular flexibility index (Phi) is 7.38. The summed E-state index contributed by atoms with van der Waals surface area (Å²) >= 11 is 0. The number of aromatic nitrogens is 2. The van der Waals surface area contributed by atoms with E-state index in [1.165, 1.54) is 0 Å².